The Labute approximate surface area is 122 Å². The number of anilines is 1. The van der Waals surface area contributed by atoms with Crippen LogP contribution in [0.25, 0.3) is 0 Å². The van der Waals surface area contributed by atoms with Crippen molar-refractivity contribution in [2.24, 2.45) is 5.73 Å². The first-order valence-electron chi connectivity index (χ1n) is 6.01. The molecule has 0 bridgehead atoms. The average Bonchev–Trinajstić information content (AvgIpc) is 2.83. The van der Waals surface area contributed by atoms with Crippen LogP contribution in [-0.4, -0.2) is 11.0 Å². The summed E-state index contributed by atoms with van der Waals surface area (Å²) in [6, 6.07) is 9.09. The minimum Gasteiger partial charge on any atom is -0.469 e. The van der Waals surface area contributed by atoms with E-state index in [1.54, 1.807) is 13.0 Å². The Morgan fingerprint density at radius 2 is 2.00 bits per heavy atom. The summed E-state index contributed by atoms with van der Waals surface area (Å²) in [7, 11) is 0. The SMILES string of the molecule is Cc1ccccc1N(NC(=O)c1ccoc1C)C(N)=S. The first kappa shape index (κ1) is 14.1. The summed E-state index contributed by atoms with van der Waals surface area (Å²) in [5.74, 6) is 0.211. The van der Waals surface area contributed by atoms with Gasteiger partial charge in [-0.2, -0.15) is 0 Å². The van der Waals surface area contributed by atoms with Crippen LogP contribution in [0.15, 0.2) is 41.0 Å². The summed E-state index contributed by atoms with van der Waals surface area (Å²) in [4.78, 5) is 12.2. The van der Waals surface area contributed by atoms with Gasteiger partial charge >= 0.3 is 0 Å². The number of nitrogens with zero attached hydrogens (tertiary/aromatic N) is 1. The molecule has 0 aliphatic heterocycles. The zero-order valence-corrected chi connectivity index (χ0v) is 12.0. The number of para-hydroxylation sites is 1. The van der Waals surface area contributed by atoms with Crippen molar-refractivity contribution < 1.29 is 9.21 Å². The van der Waals surface area contributed by atoms with Gasteiger partial charge in [-0.15, -0.1) is 0 Å². The third-order valence-corrected chi connectivity index (χ3v) is 3.08. The quantitative estimate of drug-likeness (QED) is 0.655. The Morgan fingerprint density at radius 1 is 1.30 bits per heavy atom. The van der Waals surface area contributed by atoms with Crippen molar-refractivity contribution in [2.75, 3.05) is 5.01 Å². The molecule has 0 fully saturated rings. The lowest BCUT2D eigenvalue weighted by molar-refractivity contribution is 0.0953. The minimum atomic E-state index is -0.327. The second kappa shape index (κ2) is 5.75. The number of carbonyl (C=O) groups is 1. The number of hydrogen-bond donors (Lipinski definition) is 2. The van der Waals surface area contributed by atoms with Crippen LogP contribution in [-0.2, 0) is 0 Å². The second-order valence-corrected chi connectivity index (χ2v) is 4.71. The summed E-state index contributed by atoms with van der Waals surface area (Å²) in [6.45, 7) is 3.63. The van der Waals surface area contributed by atoms with Crippen molar-refractivity contribution in [1.82, 2.24) is 5.43 Å². The van der Waals surface area contributed by atoms with E-state index in [1.807, 2.05) is 31.2 Å². The summed E-state index contributed by atoms with van der Waals surface area (Å²) in [5, 5.41) is 1.45. The first-order valence-corrected chi connectivity index (χ1v) is 6.42. The Bertz CT molecular complexity index is 651. The first-order chi connectivity index (χ1) is 9.50. The fraction of sp³-hybridized carbons (Fsp3) is 0.143. The molecule has 5 nitrogen and oxygen atoms in total. The molecule has 1 aromatic heterocycles. The lowest BCUT2D eigenvalue weighted by Gasteiger charge is -2.24. The Balaban J connectivity index is 2.28. The van der Waals surface area contributed by atoms with Crippen molar-refractivity contribution in [3.8, 4) is 0 Å². The van der Waals surface area contributed by atoms with E-state index >= 15 is 0 Å². The van der Waals surface area contributed by atoms with Gasteiger partial charge in [-0.3, -0.25) is 10.2 Å². The lowest BCUT2D eigenvalue weighted by Crippen LogP contribution is -2.49. The number of aryl methyl sites for hydroxylation is 2. The van der Waals surface area contributed by atoms with Gasteiger partial charge < -0.3 is 10.2 Å². The fourth-order valence-electron chi connectivity index (χ4n) is 1.83. The molecule has 6 heteroatoms. The van der Waals surface area contributed by atoms with Gasteiger partial charge in [0.2, 0.25) is 0 Å². The normalized spacial score (nSPS) is 10.1. The molecule has 0 aliphatic carbocycles. The van der Waals surface area contributed by atoms with E-state index in [4.69, 9.17) is 22.4 Å². The summed E-state index contributed by atoms with van der Waals surface area (Å²) in [6.07, 6.45) is 1.46. The molecule has 20 heavy (non-hydrogen) atoms. The van der Waals surface area contributed by atoms with Gasteiger partial charge in [-0.1, -0.05) is 18.2 Å². The van der Waals surface area contributed by atoms with E-state index in [0.29, 0.717) is 11.3 Å². The summed E-state index contributed by atoms with van der Waals surface area (Å²) in [5.41, 5.74) is 10.5. The van der Waals surface area contributed by atoms with E-state index in [2.05, 4.69) is 5.43 Å². The highest BCUT2D eigenvalue weighted by Gasteiger charge is 2.18. The van der Waals surface area contributed by atoms with Gasteiger partial charge in [0, 0.05) is 0 Å². The van der Waals surface area contributed by atoms with Crippen LogP contribution in [0, 0.1) is 13.8 Å². The highest BCUT2D eigenvalue weighted by molar-refractivity contribution is 7.80. The summed E-state index contributed by atoms with van der Waals surface area (Å²) < 4.78 is 5.11. The molecule has 0 saturated carbocycles. The van der Waals surface area contributed by atoms with Crippen LogP contribution in [0.2, 0.25) is 0 Å². The van der Waals surface area contributed by atoms with Crippen LogP contribution in [0.3, 0.4) is 0 Å². The highest BCUT2D eigenvalue weighted by Crippen LogP contribution is 2.18. The highest BCUT2D eigenvalue weighted by atomic mass is 32.1. The van der Waals surface area contributed by atoms with E-state index in [-0.39, 0.29) is 11.0 Å². The molecular formula is C14H15N3O2S. The van der Waals surface area contributed by atoms with E-state index < -0.39 is 0 Å². The molecule has 0 radical (unpaired) electrons. The van der Waals surface area contributed by atoms with Gasteiger partial charge in [-0.05, 0) is 43.8 Å². The maximum absolute atomic E-state index is 12.2. The Hall–Kier alpha value is -2.34. The standard InChI is InChI=1S/C14H15N3O2S/c1-9-5-3-4-6-12(9)17(14(15)20)16-13(18)11-7-8-19-10(11)2/h3-8H,1-2H3,(H2,15,20)(H,16,18). The Morgan fingerprint density at radius 3 is 2.55 bits per heavy atom. The van der Waals surface area contributed by atoms with Crippen LogP contribution < -0.4 is 16.2 Å². The van der Waals surface area contributed by atoms with Crippen LogP contribution >= 0.6 is 12.2 Å². The Kier molecular flexibility index (Phi) is 4.05. The fourth-order valence-corrected chi connectivity index (χ4v) is 1.97. The molecule has 2 rings (SSSR count). The van der Waals surface area contributed by atoms with Crippen molar-refractivity contribution in [3.05, 3.63) is 53.5 Å². The lowest BCUT2D eigenvalue weighted by atomic mass is 10.2. The van der Waals surface area contributed by atoms with Crippen LogP contribution in [0.4, 0.5) is 5.69 Å². The van der Waals surface area contributed by atoms with Gasteiger partial charge in [0.15, 0.2) is 5.11 Å². The molecule has 0 unspecified atom stereocenters. The number of thiocarbonyl (C=S) groups is 1. The van der Waals surface area contributed by atoms with Crippen molar-refractivity contribution in [2.45, 2.75) is 13.8 Å². The number of hydrazine groups is 1. The molecule has 1 heterocycles. The second-order valence-electron chi connectivity index (χ2n) is 4.29. The molecule has 104 valence electrons. The number of amides is 1. The number of nitrogens with one attached hydrogen (secondary N) is 1. The van der Waals surface area contributed by atoms with E-state index in [9.17, 15) is 4.79 Å². The predicted molar refractivity (Wildman–Crippen MR) is 81.4 cm³/mol. The zero-order chi connectivity index (χ0) is 14.7. The monoisotopic (exact) mass is 289 g/mol. The number of carbonyl (C=O) groups excluding carboxylic acids is 1. The zero-order valence-electron chi connectivity index (χ0n) is 11.2. The van der Waals surface area contributed by atoms with Gasteiger partial charge in [0.25, 0.3) is 5.91 Å². The summed E-state index contributed by atoms with van der Waals surface area (Å²) >= 11 is 5.00. The van der Waals surface area contributed by atoms with Gasteiger partial charge in [0.1, 0.15) is 5.76 Å². The number of hydrogen-bond acceptors (Lipinski definition) is 3. The smallest absolute Gasteiger partial charge is 0.273 e. The molecule has 1 aromatic carbocycles. The molecule has 0 atom stereocenters. The third-order valence-electron chi connectivity index (χ3n) is 2.89. The number of nitrogens with two attached hydrogens (primary N) is 1. The van der Waals surface area contributed by atoms with Crippen molar-refractivity contribution in [3.63, 3.8) is 0 Å². The molecule has 0 spiro atoms. The third kappa shape index (κ3) is 2.80. The molecular weight excluding hydrogens is 274 g/mol. The molecule has 0 saturated heterocycles. The van der Waals surface area contributed by atoms with Crippen LogP contribution in [0.5, 0.6) is 0 Å². The van der Waals surface area contributed by atoms with Gasteiger partial charge in [-0.25, -0.2) is 5.01 Å². The molecule has 2 aromatic rings. The minimum absolute atomic E-state index is 0.0637. The molecule has 1 amide bonds. The van der Waals surface area contributed by atoms with Gasteiger partial charge in [0.05, 0.1) is 17.5 Å². The van der Waals surface area contributed by atoms with E-state index in [0.717, 1.165) is 11.3 Å². The predicted octanol–water partition coefficient (Wildman–Crippen LogP) is 2.29. The molecule has 3 N–H and O–H groups in total. The maximum atomic E-state index is 12.2. The molecule has 0 aliphatic rings. The van der Waals surface area contributed by atoms with Crippen molar-refractivity contribution in [1.29, 1.82) is 0 Å². The maximum Gasteiger partial charge on any atom is 0.273 e. The average molecular weight is 289 g/mol. The van der Waals surface area contributed by atoms with Crippen LogP contribution in [0.1, 0.15) is 21.7 Å². The number of rotatable bonds is 2. The van der Waals surface area contributed by atoms with E-state index in [1.165, 1.54) is 11.3 Å². The topological polar surface area (TPSA) is 71.5 Å². The number of furan rings is 1. The number of benzene rings is 1. The van der Waals surface area contributed by atoms with Crippen molar-refractivity contribution >= 4 is 28.9 Å². The largest absolute Gasteiger partial charge is 0.469 e.